The van der Waals surface area contributed by atoms with Gasteiger partial charge in [-0.3, -0.25) is 4.79 Å². The Bertz CT molecular complexity index is 928. The summed E-state index contributed by atoms with van der Waals surface area (Å²) in [5.41, 5.74) is 3.16. The van der Waals surface area contributed by atoms with Gasteiger partial charge in [-0.25, -0.2) is 0 Å². The highest BCUT2D eigenvalue weighted by Gasteiger charge is 2.17. The van der Waals surface area contributed by atoms with E-state index in [9.17, 15) is 4.79 Å². The number of anilines is 2. The summed E-state index contributed by atoms with van der Waals surface area (Å²) in [5.74, 6) is 0.759. The number of hydrogen-bond donors (Lipinski definition) is 2. The highest BCUT2D eigenvalue weighted by atomic mass is 32.2. The third-order valence-corrected chi connectivity index (χ3v) is 5.97. The number of aryl methyl sites for hydroxylation is 1. The summed E-state index contributed by atoms with van der Waals surface area (Å²) in [5, 5.41) is 15.0. The summed E-state index contributed by atoms with van der Waals surface area (Å²) < 4.78 is 5.89. The number of aromatic nitrogens is 2. The van der Waals surface area contributed by atoms with Gasteiger partial charge in [0, 0.05) is 12.2 Å². The molecule has 1 atom stereocenters. The molecule has 1 amide bonds. The first-order valence-electron chi connectivity index (χ1n) is 8.78. The highest BCUT2D eigenvalue weighted by Crippen LogP contribution is 2.30. The van der Waals surface area contributed by atoms with E-state index in [1.807, 2.05) is 62.4 Å². The van der Waals surface area contributed by atoms with Crippen molar-refractivity contribution in [2.75, 3.05) is 12.4 Å². The summed E-state index contributed by atoms with van der Waals surface area (Å²) in [6.45, 7) is 4.38. The maximum atomic E-state index is 12.4. The van der Waals surface area contributed by atoms with E-state index in [0.717, 1.165) is 21.3 Å². The Morgan fingerprint density at radius 2 is 2.00 bits per heavy atom. The summed E-state index contributed by atoms with van der Waals surface area (Å²) in [6, 6.07) is 15.7. The lowest BCUT2D eigenvalue weighted by Crippen LogP contribution is -2.30. The number of ether oxygens (including phenoxy) is 1. The minimum absolute atomic E-state index is 0.0378. The third-order valence-electron chi connectivity index (χ3n) is 3.95. The standard InChI is InChI=1S/C20H22N4O2S2/c1-13-5-4-6-16(11-13)22-19-23-24-20(28-19)27-14(2)18(25)21-12-15-7-9-17(26-3)10-8-15/h4-11,14H,12H2,1-3H3,(H,21,25)(H,22,23)/t14-/m1/s1. The van der Waals surface area contributed by atoms with Crippen molar-refractivity contribution in [1.82, 2.24) is 15.5 Å². The van der Waals surface area contributed by atoms with Crippen LogP contribution >= 0.6 is 23.1 Å². The molecule has 1 aromatic heterocycles. The largest absolute Gasteiger partial charge is 0.497 e. The Morgan fingerprint density at radius 1 is 1.21 bits per heavy atom. The average Bonchev–Trinajstić information content (AvgIpc) is 3.13. The molecule has 0 saturated carbocycles. The van der Waals surface area contributed by atoms with Gasteiger partial charge in [-0.15, -0.1) is 10.2 Å². The highest BCUT2D eigenvalue weighted by molar-refractivity contribution is 8.02. The van der Waals surface area contributed by atoms with Crippen molar-refractivity contribution in [1.29, 1.82) is 0 Å². The first-order chi connectivity index (χ1) is 13.5. The van der Waals surface area contributed by atoms with Gasteiger partial charge in [0.15, 0.2) is 4.34 Å². The van der Waals surface area contributed by atoms with Gasteiger partial charge >= 0.3 is 0 Å². The molecule has 146 valence electrons. The molecule has 0 bridgehead atoms. The number of amides is 1. The molecule has 1 heterocycles. The molecule has 0 spiro atoms. The molecule has 3 rings (SSSR count). The van der Waals surface area contributed by atoms with Gasteiger partial charge in [-0.2, -0.15) is 0 Å². The fourth-order valence-corrected chi connectivity index (χ4v) is 4.38. The molecule has 0 aliphatic rings. The number of nitrogens with one attached hydrogen (secondary N) is 2. The van der Waals surface area contributed by atoms with Crippen molar-refractivity contribution in [2.24, 2.45) is 0 Å². The third kappa shape index (κ3) is 5.71. The van der Waals surface area contributed by atoms with E-state index in [2.05, 4.69) is 20.8 Å². The van der Waals surface area contributed by atoms with Crippen LogP contribution in [0.15, 0.2) is 52.9 Å². The fraction of sp³-hybridized carbons (Fsp3) is 0.250. The zero-order chi connectivity index (χ0) is 19.9. The molecule has 6 nitrogen and oxygen atoms in total. The van der Waals surface area contributed by atoms with Crippen LogP contribution in [-0.4, -0.2) is 28.5 Å². The summed E-state index contributed by atoms with van der Waals surface area (Å²) in [6.07, 6.45) is 0. The Morgan fingerprint density at radius 3 is 2.71 bits per heavy atom. The van der Waals surface area contributed by atoms with Gasteiger partial charge < -0.3 is 15.4 Å². The van der Waals surface area contributed by atoms with Crippen molar-refractivity contribution in [3.63, 3.8) is 0 Å². The quantitative estimate of drug-likeness (QED) is 0.532. The average molecular weight is 415 g/mol. The van der Waals surface area contributed by atoms with Crippen LogP contribution in [0.3, 0.4) is 0 Å². The van der Waals surface area contributed by atoms with Crippen LogP contribution < -0.4 is 15.4 Å². The van der Waals surface area contributed by atoms with Crippen molar-refractivity contribution in [3.05, 3.63) is 59.7 Å². The maximum Gasteiger partial charge on any atom is 0.233 e. The van der Waals surface area contributed by atoms with E-state index in [0.29, 0.717) is 11.7 Å². The predicted molar refractivity (Wildman–Crippen MR) is 115 cm³/mol. The molecule has 0 saturated heterocycles. The molecule has 8 heteroatoms. The summed E-state index contributed by atoms with van der Waals surface area (Å²) >= 11 is 2.83. The molecule has 0 unspecified atom stereocenters. The Hall–Kier alpha value is -2.58. The molecule has 2 aromatic carbocycles. The summed E-state index contributed by atoms with van der Waals surface area (Å²) in [4.78, 5) is 12.4. The lowest BCUT2D eigenvalue weighted by atomic mass is 10.2. The number of rotatable bonds is 8. The topological polar surface area (TPSA) is 76.1 Å². The first kappa shape index (κ1) is 20.2. The zero-order valence-electron chi connectivity index (χ0n) is 15.9. The smallest absolute Gasteiger partial charge is 0.233 e. The number of carbonyl (C=O) groups is 1. The summed E-state index contributed by atoms with van der Waals surface area (Å²) in [7, 11) is 1.63. The van der Waals surface area contributed by atoms with Crippen molar-refractivity contribution in [2.45, 2.75) is 30.0 Å². The molecule has 28 heavy (non-hydrogen) atoms. The van der Waals surface area contributed by atoms with Crippen LogP contribution in [0.2, 0.25) is 0 Å². The van der Waals surface area contributed by atoms with Gasteiger partial charge in [0.05, 0.1) is 12.4 Å². The van der Waals surface area contributed by atoms with E-state index in [-0.39, 0.29) is 11.2 Å². The van der Waals surface area contributed by atoms with Crippen LogP contribution in [0.5, 0.6) is 5.75 Å². The monoisotopic (exact) mass is 414 g/mol. The van der Waals surface area contributed by atoms with E-state index < -0.39 is 0 Å². The first-order valence-corrected chi connectivity index (χ1v) is 10.5. The van der Waals surface area contributed by atoms with Gasteiger partial charge in [-0.05, 0) is 49.2 Å². The van der Waals surface area contributed by atoms with E-state index in [1.54, 1.807) is 7.11 Å². The van der Waals surface area contributed by atoms with E-state index in [4.69, 9.17) is 4.74 Å². The predicted octanol–water partition coefficient (Wildman–Crippen LogP) is 4.40. The number of carbonyl (C=O) groups excluding carboxylic acids is 1. The molecular formula is C20H22N4O2S2. The van der Waals surface area contributed by atoms with Crippen LogP contribution in [0.25, 0.3) is 0 Å². The van der Waals surface area contributed by atoms with Gasteiger partial charge in [0.25, 0.3) is 0 Å². The van der Waals surface area contributed by atoms with Gasteiger partial charge in [0.1, 0.15) is 5.75 Å². The second-order valence-electron chi connectivity index (χ2n) is 6.19. The number of benzene rings is 2. The normalized spacial score (nSPS) is 11.7. The van der Waals surface area contributed by atoms with Crippen molar-refractivity contribution >= 4 is 39.8 Å². The zero-order valence-corrected chi connectivity index (χ0v) is 17.6. The molecular weight excluding hydrogens is 392 g/mol. The minimum atomic E-state index is -0.266. The van der Waals surface area contributed by atoms with Crippen LogP contribution in [0.1, 0.15) is 18.1 Å². The number of methoxy groups -OCH3 is 1. The molecule has 0 fully saturated rings. The minimum Gasteiger partial charge on any atom is -0.497 e. The lowest BCUT2D eigenvalue weighted by molar-refractivity contribution is -0.120. The lowest BCUT2D eigenvalue weighted by Gasteiger charge is -2.10. The molecule has 0 aliphatic carbocycles. The number of nitrogens with zero attached hydrogens (tertiary/aromatic N) is 2. The molecule has 0 aliphatic heterocycles. The van der Waals surface area contributed by atoms with Crippen molar-refractivity contribution in [3.8, 4) is 5.75 Å². The van der Waals surface area contributed by atoms with Crippen LogP contribution in [0, 0.1) is 6.92 Å². The number of thioether (sulfide) groups is 1. The molecule has 2 N–H and O–H groups in total. The fourth-order valence-electron chi connectivity index (χ4n) is 2.44. The van der Waals surface area contributed by atoms with Crippen molar-refractivity contribution < 1.29 is 9.53 Å². The van der Waals surface area contributed by atoms with Crippen LogP contribution in [0.4, 0.5) is 10.8 Å². The van der Waals surface area contributed by atoms with E-state index >= 15 is 0 Å². The second kappa shape index (κ2) is 9.57. The second-order valence-corrected chi connectivity index (χ2v) is 8.76. The van der Waals surface area contributed by atoms with Crippen LogP contribution in [-0.2, 0) is 11.3 Å². The molecule has 3 aromatic rings. The Balaban J connectivity index is 1.50. The SMILES string of the molecule is COc1ccc(CNC(=O)[C@@H](C)Sc2nnc(Nc3cccc(C)c3)s2)cc1. The van der Waals surface area contributed by atoms with E-state index in [1.165, 1.54) is 28.7 Å². The maximum absolute atomic E-state index is 12.4. The molecule has 0 radical (unpaired) electrons. The van der Waals surface area contributed by atoms with Gasteiger partial charge in [0.2, 0.25) is 11.0 Å². The number of hydrogen-bond acceptors (Lipinski definition) is 7. The Labute approximate surface area is 172 Å². The van der Waals surface area contributed by atoms with Gasteiger partial charge in [-0.1, -0.05) is 47.4 Å². The Kier molecular flexibility index (Phi) is 6.89.